The molecule has 0 heterocycles. The zero-order chi connectivity index (χ0) is 16.8. The van der Waals surface area contributed by atoms with Gasteiger partial charge in [-0.2, -0.15) is 0 Å². The summed E-state index contributed by atoms with van der Waals surface area (Å²) in [6.45, 7) is 6.67. The quantitative estimate of drug-likeness (QED) is 0.714. The van der Waals surface area contributed by atoms with Gasteiger partial charge >= 0.3 is 0 Å². The summed E-state index contributed by atoms with van der Waals surface area (Å²) in [6.07, 6.45) is 0. The van der Waals surface area contributed by atoms with Crippen LogP contribution in [0.15, 0.2) is 46.9 Å². The van der Waals surface area contributed by atoms with Gasteiger partial charge in [-0.3, -0.25) is 0 Å². The van der Waals surface area contributed by atoms with Gasteiger partial charge in [-0.25, -0.2) is 0 Å². The lowest BCUT2D eigenvalue weighted by Gasteiger charge is -2.18. The fraction of sp³-hybridized carbons (Fsp3) is 0.278. The fourth-order valence-electron chi connectivity index (χ4n) is 2.09. The predicted octanol–water partition coefficient (Wildman–Crippen LogP) is 4.82. The van der Waals surface area contributed by atoms with E-state index >= 15 is 0 Å². The van der Waals surface area contributed by atoms with Crippen LogP contribution in [-0.4, -0.2) is 17.8 Å². The number of rotatable bonds is 5. The minimum absolute atomic E-state index is 0.103. The number of benzene rings is 2. The molecule has 1 atom stereocenters. The highest BCUT2D eigenvalue weighted by atomic mass is 79.9. The standard InChI is InChI=1S/C18H21BrN2OS/c1-12-6-4-5-7-17(12)22-11-14(3)20-18(23)21-15-8-9-16(19)13(2)10-15/h4-10,14H,11H2,1-3H3,(H2,20,21,23). The number of hydrogen-bond acceptors (Lipinski definition) is 2. The van der Waals surface area contributed by atoms with E-state index in [0.29, 0.717) is 11.7 Å². The van der Waals surface area contributed by atoms with Crippen molar-refractivity contribution in [3.63, 3.8) is 0 Å². The summed E-state index contributed by atoms with van der Waals surface area (Å²) in [7, 11) is 0. The normalized spacial score (nSPS) is 11.7. The van der Waals surface area contributed by atoms with Crippen molar-refractivity contribution in [2.75, 3.05) is 11.9 Å². The van der Waals surface area contributed by atoms with Crippen LogP contribution in [0.25, 0.3) is 0 Å². The average Bonchev–Trinajstić information content (AvgIpc) is 2.50. The molecule has 3 nitrogen and oxygen atoms in total. The number of thiocarbonyl (C=S) groups is 1. The average molecular weight is 393 g/mol. The summed E-state index contributed by atoms with van der Waals surface area (Å²) in [6, 6.07) is 14.1. The number of ether oxygens (including phenoxy) is 1. The van der Waals surface area contributed by atoms with Gasteiger partial charge in [0, 0.05) is 10.2 Å². The van der Waals surface area contributed by atoms with Gasteiger partial charge in [-0.05, 0) is 68.4 Å². The maximum absolute atomic E-state index is 5.83. The first-order valence-electron chi connectivity index (χ1n) is 7.48. The lowest BCUT2D eigenvalue weighted by atomic mass is 10.2. The summed E-state index contributed by atoms with van der Waals surface area (Å²) in [4.78, 5) is 0. The van der Waals surface area contributed by atoms with Crippen LogP contribution < -0.4 is 15.4 Å². The summed E-state index contributed by atoms with van der Waals surface area (Å²) >= 11 is 8.85. The first kappa shape index (κ1) is 17.8. The molecule has 0 bridgehead atoms. The van der Waals surface area contributed by atoms with Crippen LogP contribution in [0, 0.1) is 13.8 Å². The summed E-state index contributed by atoms with van der Waals surface area (Å²) in [5, 5.41) is 7.02. The SMILES string of the molecule is Cc1cc(NC(=S)NC(C)COc2ccccc2C)ccc1Br. The topological polar surface area (TPSA) is 33.3 Å². The minimum Gasteiger partial charge on any atom is -0.491 e. The van der Waals surface area contributed by atoms with Crippen molar-refractivity contribution in [3.8, 4) is 5.75 Å². The third-order valence-electron chi connectivity index (χ3n) is 3.38. The third-order valence-corrected chi connectivity index (χ3v) is 4.49. The second-order valence-electron chi connectivity index (χ2n) is 5.54. The van der Waals surface area contributed by atoms with Crippen LogP contribution in [0.3, 0.4) is 0 Å². The molecule has 0 aromatic heterocycles. The van der Waals surface area contributed by atoms with Gasteiger partial charge < -0.3 is 15.4 Å². The Kier molecular flexibility index (Phi) is 6.42. The first-order chi connectivity index (χ1) is 11.0. The molecule has 2 N–H and O–H groups in total. The second-order valence-corrected chi connectivity index (χ2v) is 6.80. The van der Waals surface area contributed by atoms with Gasteiger partial charge in [-0.1, -0.05) is 34.1 Å². The molecule has 2 aromatic rings. The van der Waals surface area contributed by atoms with Crippen molar-refractivity contribution in [2.45, 2.75) is 26.8 Å². The molecule has 0 amide bonds. The molecule has 0 aliphatic carbocycles. The third kappa shape index (κ3) is 5.52. The number of anilines is 1. The molecule has 0 fully saturated rings. The van der Waals surface area contributed by atoms with E-state index in [4.69, 9.17) is 17.0 Å². The Hall–Kier alpha value is -1.59. The summed E-state index contributed by atoms with van der Waals surface area (Å²) in [5.41, 5.74) is 3.26. The van der Waals surface area contributed by atoms with Crippen molar-refractivity contribution in [1.29, 1.82) is 0 Å². The second kappa shape index (κ2) is 8.31. The Morgan fingerprint density at radius 1 is 1.17 bits per heavy atom. The Balaban J connectivity index is 1.82. The maximum Gasteiger partial charge on any atom is 0.171 e. The van der Waals surface area contributed by atoms with Gasteiger partial charge in [0.1, 0.15) is 12.4 Å². The molecule has 122 valence electrons. The molecule has 2 rings (SSSR count). The molecule has 1 unspecified atom stereocenters. The highest BCUT2D eigenvalue weighted by Crippen LogP contribution is 2.20. The van der Waals surface area contributed by atoms with Crippen LogP contribution in [0.5, 0.6) is 5.75 Å². The van der Waals surface area contributed by atoms with E-state index in [1.807, 2.05) is 63.2 Å². The van der Waals surface area contributed by atoms with Crippen molar-refractivity contribution >= 4 is 38.9 Å². The fourth-order valence-corrected chi connectivity index (χ4v) is 2.65. The van der Waals surface area contributed by atoms with Crippen LogP contribution in [0.2, 0.25) is 0 Å². The molecule has 0 radical (unpaired) electrons. The van der Waals surface area contributed by atoms with Crippen LogP contribution in [-0.2, 0) is 0 Å². The number of halogens is 1. The zero-order valence-corrected chi connectivity index (χ0v) is 15.9. The molecule has 0 saturated heterocycles. The lowest BCUT2D eigenvalue weighted by molar-refractivity contribution is 0.285. The molecule has 23 heavy (non-hydrogen) atoms. The largest absolute Gasteiger partial charge is 0.491 e. The van der Waals surface area contributed by atoms with E-state index in [0.717, 1.165) is 27.0 Å². The van der Waals surface area contributed by atoms with Crippen molar-refractivity contribution in [2.24, 2.45) is 0 Å². The molecule has 0 spiro atoms. The van der Waals surface area contributed by atoms with Gasteiger partial charge in [-0.15, -0.1) is 0 Å². The molecule has 5 heteroatoms. The van der Waals surface area contributed by atoms with Crippen molar-refractivity contribution < 1.29 is 4.74 Å². The van der Waals surface area contributed by atoms with Gasteiger partial charge in [0.2, 0.25) is 0 Å². The molecule has 0 aliphatic heterocycles. The smallest absolute Gasteiger partial charge is 0.171 e. The molecule has 0 aliphatic rings. The first-order valence-corrected chi connectivity index (χ1v) is 8.68. The van der Waals surface area contributed by atoms with Crippen LogP contribution in [0.1, 0.15) is 18.1 Å². The van der Waals surface area contributed by atoms with Crippen molar-refractivity contribution in [1.82, 2.24) is 5.32 Å². The van der Waals surface area contributed by atoms with E-state index in [1.165, 1.54) is 0 Å². The number of para-hydroxylation sites is 1. The van der Waals surface area contributed by atoms with Crippen molar-refractivity contribution in [3.05, 3.63) is 58.1 Å². The molecular weight excluding hydrogens is 372 g/mol. The predicted molar refractivity (Wildman–Crippen MR) is 104 cm³/mol. The Labute approximate surface area is 151 Å². The Morgan fingerprint density at radius 3 is 2.61 bits per heavy atom. The highest BCUT2D eigenvalue weighted by Gasteiger charge is 2.07. The Morgan fingerprint density at radius 2 is 1.91 bits per heavy atom. The Bertz CT molecular complexity index is 690. The molecular formula is C18H21BrN2OS. The van der Waals surface area contributed by atoms with Gasteiger partial charge in [0.25, 0.3) is 0 Å². The summed E-state index contributed by atoms with van der Waals surface area (Å²) in [5.74, 6) is 0.906. The maximum atomic E-state index is 5.83. The van der Waals surface area contributed by atoms with E-state index < -0.39 is 0 Å². The number of aryl methyl sites for hydroxylation is 2. The monoisotopic (exact) mass is 392 g/mol. The van der Waals surface area contributed by atoms with Gasteiger partial charge in [0.05, 0.1) is 6.04 Å². The van der Waals surface area contributed by atoms with Gasteiger partial charge in [0.15, 0.2) is 5.11 Å². The van der Waals surface area contributed by atoms with Crippen LogP contribution in [0.4, 0.5) is 5.69 Å². The van der Waals surface area contributed by atoms with E-state index in [9.17, 15) is 0 Å². The molecule has 0 saturated carbocycles. The zero-order valence-electron chi connectivity index (χ0n) is 13.5. The highest BCUT2D eigenvalue weighted by molar-refractivity contribution is 9.10. The summed E-state index contributed by atoms with van der Waals surface area (Å²) < 4.78 is 6.91. The van der Waals surface area contributed by atoms with Crippen LogP contribution >= 0.6 is 28.1 Å². The van der Waals surface area contributed by atoms with E-state index in [-0.39, 0.29) is 6.04 Å². The minimum atomic E-state index is 0.103. The molecule has 2 aromatic carbocycles. The van der Waals surface area contributed by atoms with E-state index in [1.54, 1.807) is 0 Å². The lowest BCUT2D eigenvalue weighted by Crippen LogP contribution is -2.39. The number of hydrogen-bond donors (Lipinski definition) is 2. The number of nitrogens with one attached hydrogen (secondary N) is 2. The van der Waals surface area contributed by atoms with E-state index in [2.05, 4.69) is 26.6 Å².